The second kappa shape index (κ2) is 3.81. The summed E-state index contributed by atoms with van der Waals surface area (Å²) in [5, 5.41) is 21.5. The molecule has 0 N–H and O–H groups in total. The highest BCUT2D eigenvalue weighted by Gasteiger charge is 2.31. The average Bonchev–Trinajstić information content (AvgIpc) is 2.28. The van der Waals surface area contributed by atoms with Crippen LogP contribution in [-0.2, 0) is 0 Å². The molecule has 17 heavy (non-hydrogen) atoms. The molecule has 0 unspecified atom stereocenters. The van der Waals surface area contributed by atoms with Crippen LogP contribution in [0.2, 0.25) is 0 Å². The van der Waals surface area contributed by atoms with Gasteiger partial charge in [0.15, 0.2) is 10.8 Å². The van der Waals surface area contributed by atoms with Gasteiger partial charge in [0.05, 0.1) is 17.0 Å². The number of benzene rings is 1. The molecule has 8 nitrogen and oxygen atoms in total. The molecule has 0 atom stereocenters. The van der Waals surface area contributed by atoms with E-state index in [0.29, 0.717) is 0 Å². The lowest BCUT2D eigenvalue weighted by Gasteiger charge is -2.20. The Kier molecular flexibility index (Phi) is 2.47. The number of nitro groups is 2. The summed E-state index contributed by atoms with van der Waals surface area (Å²) < 4.78 is 0. The Morgan fingerprint density at radius 2 is 1.94 bits per heavy atom. The summed E-state index contributed by atoms with van der Waals surface area (Å²) in [5.41, 5.74) is -0.110. The standard InChI is InChI=1S/C9H7N3O5/c13-9-3-4-10(12(16)17)8-2-1-6(11(14)15)5-7(8)9/h1-2,5H,3-4H2. The highest BCUT2D eigenvalue weighted by atomic mass is 16.7. The van der Waals surface area contributed by atoms with Gasteiger partial charge in [-0.1, -0.05) is 5.01 Å². The molecule has 1 aliphatic heterocycles. The van der Waals surface area contributed by atoms with E-state index in [9.17, 15) is 25.0 Å². The highest BCUT2D eigenvalue weighted by molar-refractivity contribution is 6.03. The number of nitro benzene ring substituents is 1. The first-order valence-corrected chi connectivity index (χ1v) is 4.74. The van der Waals surface area contributed by atoms with Crippen molar-refractivity contribution in [3.8, 4) is 0 Å². The minimum Gasteiger partial charge on any atom is -0.294 e. The van der Waals surface area contributed by atoms with Crippen LogP contribution in [-0.4, -0.2) is 22.3 Å². The minimum absolute atomic E-state index is 0.0172. The molecule has 0 aromatic heterocycles. The van der Waals surface area contributed by atoms with Crippen LogP contribution in [0.5, 0.6) is 0 Å². The summed E-state index contributed by atoms with van der Waals surface area (Å²) in [7, 11) is 0. The maximum Gasteiger partial charge on any atom is 0.270 e. The maximum absolute atomic E-state index is 11.6. The van der Waals surface area contributed by atoms with Crippen molar-refractivity contribution in [2.24, 2.45) is 0 Å². The van der Waals surface area contributed by atoms with Gasteiger partial charge in [0.1, 0.15) is 5.69 Å². The van der Waals surface area contributed by atoms with Crippen molar-refractivity contribution in [1.29, 1.82) is 0 Å². The number of carbonyl (C=O) groups excluding carboxylic acids is 1. The fraction of sp³-hybridized carbons (Fsp3) is 0.222. The molecule has 0 amide bonds. The van der Waals surface area contributed by atoms with Gasteiger partial charge in [-0.15, -0.1) is 0 Å². The molecule has 1 aliphatic rings. The molecule has 0 saturated carbocycles. The first-order chi connectivity index (χ1) is 8.00. The zero-order chi connectivity index (χ0) is 12.6. The number of nitrogens with zero attached hydrogens (tertiary/aromatic N) is 3. The number of fused-ring (bicyclic) bond motifs is 1. The SMILES string of the molecule is O=C1CCN([N+](=O)[O-])c2ccc([N+](=O)[O-])cc21. The van der Waals surface area contributed by atoms with Crippen molar-refractivity contribution in [2.75, 3.05) is 11.6 Å². The van der Waals surface area contributed by atoms with E-state index in [2.05, 4.69) is 0 Å². The van der Waals surface area contributed by atoms with E-state index in [1.165, 1.54) is 6.07 Å². The Morgan fingerprint density at radius 1 is 1.24 bits per heavy atom. The Hall–Kier alpha value is -2.51. The first kappa shape index (κ1) is 11.0. The van der Waals surface area contributed by atoms with Gasteiger partial charge in [-0.3, -0.25) is 14.9 Å². The average molecular weight is 237 g/mol. The second-order valence-corrected chi connectivity index (χ2v) is 3.49. The summed E-state index contributed by atoms with van der Waals surface area (Å²) in [6.07, 6.45) is -0.0187. The normalized spacial score (nSPS) is 14.4. The minimum atomic E-state index is -0.640. The summed E-state index contributed by atoms with van der Waals surface area (Å²) >= 11 is 0. The molecular formula is C9H7N3O5. The Balaban J connectivity index is 2.55. The number of carbonyl (C=O) groups is 1. The fourth-order valence-corrected chi connectivity index (χ4v) is 1.72. The van der Waals surface area contributed by atoms with Gasteiger partial charge in [-0.25, -0.2) is 10.1 Å². The first-order valence-electron chi connectivity index (χ1n) is 4.74. The molecule has 1 aromatic carbocycles. The van der Waals surface area contributed by atoms with Gasteiger partial charge in [-0.2, -0.15) is 0 Å². The van der Waals surface area contributed by atoms with Crippen molar-refractivity contribution in [3.05, 3.63) is 44.0 Å². The van der Waals surface area contributed by atoms with Crippen molar-refractivity contribution >= 4 is 17.2 Å². The van der Waals surface area contributed by atoms with Crippen LogP contribution in [0.3, 0.4) is 0 Å². The predicted molar refractivity (Wildman–Crippen MR) is 56.4 cm³/mol. The third-order valence-electron chi connectivity index (χ3n) is 2.52. The van der Waals surface area contributed by atoms with Crippen LogP contribution in [0.15, 0.2) is 18.2 Å². The van der Waals surface area contributed by atoms with Crippen molar-refractivity contribution in [1.82, 2.24) is 0 Å². The molecule has 8 heteroatoms. The van der Waals surface area contributed by atoms with Crippen LogP contribution >= 0.6 is 0 Å². The topological polar surface area (TPSA) is 107 Å². The number of hydrogen-bond donors (Lipinski definition) is 0. The fourth-order valence-electron chi connectivity index (χ4n) is 1.72. The molecule has 1 heterocycles. The number of rotatable bonds is 2. The quantitative estimate of drug-likeness (QED) is 0.564. The van der Waals surface area contributed by atoms with E-state index in [0.717, 1.165) is 17.1 Å². The second-order valence-electron chi connectivity index (χ2n) is 3.49. The molecule has 0 radical (unpaired) electrons. The summed E-state index contributed by atoms with van der Waals surface area (Å²) in [5.74, 6) is -0.318. The van der Waals surface area contributed by atoms with Gasteiger partial charge < -0.3 is 0 Å². The maximum atomic E-state index is 11.6. The van der Waals surface area contributed by atoms with Crippen LogP contribution in [0.1, 0.15) is 16.8 Å². The molecule has 1 aromatic rings. The van der Waals surface area contributed by atoms with Crippen molar-refractivity contribution in [2.45, 2.75) is 6.42 Å². The van der Waals surface area contributed by atoms with E-state index in [1.54, 1.807) is 0 Å². The number of ketones is 1. The van der Waals surface area contributed by atoms with Crippen molar-refractivity contribution < 1.29 is 14.8 Å². The molecule has 2 rings (SSSR count). The van der Waals surface area contributed by atoms with E-state index >= 15 is 0 Å². The number of Topliss-reactive ketones (excluding diaryl/α,β-unsaturated/α-hetero) is 1. The van der Waals surface area contributed by atoms with E-state index < -0.39 is 9.96 Å². The summed E-state index contributed by atoms with van der Waals surface area (Å²) in [6.45, 7) is -0.0172. The number of non-ortho nitro benzene ring substituents is 1. The highest BCUT2D eigenvalue weighted by Crippen LogP contribution is 2.30. The van der Waals surface area contributed by atoms with E-state index in [-0.39, 0.29) is 35.7 Å². The Bertz CT molecular complexity index is 527. The number of hydrogen-bond acceptors (Lipinski definition) is 5. The van der Waals surface area contributed by atoms with Crippen LogP contribution in [0.25, 0.3) is 0 Å². The third-order valence-corrected chi connectivity index (χ3v) is 2.52. The zero-order valence-electron chi connectivity index (χ0n) is 8.53. The van der Waals surface area contributed by atoms with Crippen LogP contribution in [0.4, 0.5) is 11.4 Å². The molecule has 0 aliphatic carbocycles. The summed E-state index contributed by atoms with van der Waals surface area (Å²) in [6, 6.07) is 3.45. The van der Waals surface area contributed by atoms with Gasteiger partial charge in [-0.05, 0) is 6.07 Å². The molecular weight excluding hydrogens is 230 g/mol. The van der Waals surface area contributed by atoms with Gasteiger partial charge in [0.2, 0.25) is 0 Å². The van der Waals surface area contributed by atoms with E-state index in [4.69, 9.17) is 0 Å². The van der Waals surface area contributed by atoms with Crippen molar-refractivity contribution in [3.63, 3.8) is 0 Å². The van der Waals surface area contributed by atoms with E-state index in [1.807, 2.05) is 0 Å². The lowest BCUT2D eigenvalue weighted by atomic mass is 10.0. The van der Waals surface area contributed by atoms with Gasteiger partial charge in [0, 0.05) is 18.6 Å². The Morgan fingerprint density at radius 3 is 2.53 bits per heavy atom. The van der Waals surface area contributed by atoms with Gasteiger partial charge >= 0.3 is 0 Å². The zero-order valence-corrected chi connectivity index (χ0v) is 8.53. The molecule has 88 valence electrons. The molecule has 0 fully saturated rings. The third kappa shape index (κ3) is 1.80. The smallest absolute Gasteiger partial charge is 0.270 e. The lowest BCUT2D eigenvalue weighted by molar-refractivity contribution is -0.494. The van der Waals surface area contributed by atoms with Crippen LogP contribution < -0.4 is 5.01 Å². The van der Waals surface area contributed by atoms with Crippen LogP contribution in [0, 0.1) is 20.2 Å². The Labute approximate surface area is 94.7 Å². The lowest BCUT2D eigenvalue weighted by Crippen LogP contribution is -2.36. The molecule has 0 bridgehead atoms. The van der Waals surface area contributed by atoms with Gasteiger partial charge in [0.25, 0.3) is 5.69 Å². The molecule has 0 spiro atoms. The largest absolute Gasteiger partial charge is 0.294 e. The number of anilines is 1. The summed E-state index contributed by atoms with van der Waals surface area (Å²) in [4.78, 5) is 32.2. The number of hydrazine groups is 1. The monoisotopic (exact) mass is 237 g/mol. The molecule has 0 saturated heterocycles. The predicted octanol–water partition coefficient (Wildman–Crippen LogP) is 1.18.